The van der Waals surface area contributed by atoms with Gasteiger partial charge in [0, 0.05) is 19.6 Å². The second kappa shape index (κ2) is 9.75. The van der Waals surface area contributed by atoms with Crippen molar-refractivity contribution in [2.24, 2.45) is 11.3 Å². The summed E-state index contributed by atoms with van der Waals surface area (Å²) in [4.78, 5) is 2.49. The van der Waals surface area contributed by atoms with E-state index in [9.17, 15) is 5.11 Å². The van der Waals surface area contributed by atoms with Crippen LogP contribution in [0, 0.1) is 11.3 Å². The Kier molecular flexibility index (Phi) is 8.74. The molecule has 0 bridgehead atoms. The van der Waals surface area contributed by atoms with Crippen molar-refractivity contribution < 1.29 is 5.11 Å². The lowest BCUT2D eigenvalue weighted by Gasteiger charge is -2.36. The van der Waals surface area contributed by atoms with E-state index in [-0.39, 0.29) is 0 Å². The first-order chi connectivity index (χ1) is 9.62. The number of hydrogen-bond donors (Lipinski definition) is 2. The van der Waals surface area contributed by atoms with E-state index in [0.29, 0.717) is 12.0 Å². The van der Waals surface area contributed by atoms with E-state index in [2.05, 4.69) is 31.0 Å². The highest BCUT2D eigenvalue weighted by molar-refractivity contribution is 4.89. The Morgan fingerprint density at radius 3 is 2.45 bits per heavy atom. The number of nitrogens with zero attached hydrogens (tertiary/aromatic N) is 1. The van der Waals surface area contributed by atoms with Crippen LogP contribution in [0.1, 0.15) is 59.3 Å². The lowest BCUT2D eigenvalue weighted by Crippen LogP contribution is -2.44. The van der Waals surface area contributed by atoms with Gasteiger partial charge in [-0.3, -0.25) is 0 Å². The number of aliphatic hydroxyl groups is 1. The molecule has 0 aromatic rings. The average Bonchev–Trinajstić information content (AvgIpc) is 2.84. The minimum Gasteiger partial charge on any atom is -0.395 e. The molecule has 0 aromatic heterocycles. The maximum absolute atomic E-state index is 9.29. The summed E-state index contributed by atoms with van der Waals surface area (Å²) in [6.45, 7) is 12.5. The van der Waals surface area contributed by atoms with Crippen molar-refractivity contribution in [1.29, 1.82) is 0 Å². The van der Waals surface area contributed by atoms with Gasteiger partial charge in [-0.25, -0.2) is 0 Å². The fraction of sp³-hybridized carbons (Fsp3) is 1.00. The zero-order valence-corrected chi connectivity index (χ0v) is 14.0. The molecule has 1 fully saturated rings. The third-order valence-electron chi connectivity index (χ3n) is 4.52. The molecule has 0 unspecified atom stereocenters. The molecule has 20 heavy (non-hydrogen) atoms. The fourth-order valence-corrected chi connectivity index (χ4v) is 3.41. The van der Waals surface area contributed by atoms with Crippen molar-refractivity contribution in [3.63, 3.8) is 0 Å². The average molecular weight is 284 g/mol. The molecular weight excluding hydrogens is 248 g/mol. The molecule has 0 spiro atoms. The van der Waals surface area contributed by atoms with Crippen LogP contribution in [0.3, 0.4) is 0 Å². The summed E-state index contributed by atoms with van der Waals surface area (Å²) in [5, 5.41) is 13.0. The molecular formula is C17H36N2O. The van der Waals surface area contributed by atoms with Gasteiger partial charge in [0.1, 0.15) is 0 Å². The van der Waals surface area contributed by atoms with E-state index < -0.39 is 0 Å². The summed E-state index contributed by atoms with van der Waals surface area (Å²) >= 11 is 0. The third-order valence-corrected chi connectivity index (χ3v) is 4.52. The van der Waals surface area contributed by atoms with Gasteiger partial charge in [0.25, 0.3) is 0 Å². The zero-order valence-electron chi connectivity index (χ0n) is 14.0. The first-order valence-electron chi connectivity index (χ1n) is 8.66. The van der Waals surface area contributed by atoms with Crippen LogP contribution in [0.5, 0.6) is 0 Å². The molecule has 0 atom stereocenters. The number of hydrogen-bond acceptors (Lipinski definition) is 3. The molecule has 1 aliphatic carbocycles. The van der Waals surface area contributed by atoms with Crippen LogP contribution >= 0.6 is 0 Å². The highest BCUT2D eigenvalue weighted by Crippen LogP contribution is 2.38. The van der Waals surface area contributed by atoms with Gasteiger partial charge in [-0.1, -0.05) is 40.0 Å². The first-order valence-corrected chi connectivity index (χ1v) is 8.66. The number of nitrogens with one attached hydrogen (secondary N) is 1. The standard InChI is InChI=1S/C17H36N2O/c1-4-5-10-19(11-12-20)15-17(8-6-7-9-17)14-18-13-16(2)3/h16,18,20H,4-15H2,1-3H3. The lowest BCUT2D eigenvalue weighted by molar-refractivity contribution is 0.122. The van der Waals surface area contributed by atoms with Crippen LogP contribution in [0.2, 0.25) is 0 Å². The molecule has 1 aliphatic rings. The van der Waals surface area contributed by atoms with Crippen LogP contribution in [-0.4, -0.2) is 49.3 Å². The molecule has 2 N–H and O–H groups in total. The molecule has 1 rings (SSSR count). The van der Waals surface area contributed by atoms with Gasteiger partial charge in [0.15, 0.2) is 0 Å². The van der Waals surface area contributed by atoms with Gasteiger partial charge in [0.2, 0.25) is 0 Å². The monoisotopic (exact) mass is 284 g/mol. The normalized spacial score (nSPS) is 18.3. The quantitative estimate of drug-likeness (QED) is 0.612. The molecule has 1 saturated carbocycles. The first kappa shape index (κ1) is 17.9. The van der Waals surface area contributed by atoms with Crippen molar-refractivity contribution in [3.05, 3.63) is 0 Å². The Morgan fingerprint density at radius 2 is 1.90 bits per heavy atom. The summed E-state index contributed by atoms with van der Waals surface area (Å²) in [5.41, 5.74) is 0.456. The van der Waals surface area contributed by atoms with Crippen LogP contribution < -0.4 is 5.32 Å². The Labute approximate surface area is 126 Å². The van der Waals surface area contributed by atoms with E-state index in [4.69, 9.17) is 0 Å². The predicted octanol–water partition coefficient (Wildman–Crippen LogP) is 2.89. The summed E-state index contributed by atoms with van der Waals surface area (Å²) in [6, 6.07) is 0. The van der Waals surface area contributed by atoms with Gasteiger partial charge in [-0.2, -0.15) is 0 Å². The second-order valence-electron chi connectivity index (χ2n) is 7.09. The van der Waals surface area contributed by atoms with E-state index in [1.807, 2.05) is 0 Å². The van der Waals surface area contributed by atoms with Crippen molar-refractivity contribution >= 4 is 0 Å². The summed E-state index contributed by atoms with van der Waals surface area (Å²) in [6.07, 6.45) is 7.95. The molecule has 120 valence electrons. The Hall–Kier alpha value is -0.120. The molecule has 0 aliphatic heterocycles. The number of aliphatic hydroxyl groups excluding tert-OH is 1. The summed E-state index contributed by atoms with van der Waals surface area (Å²) < 4.78 is 0. The predicted molar refractivity (Wildman–Crippen MR) is 87.0 cm³/mol. The molecule has 0 aromatic carbocycles. The van der Waals surface area contributed by atoms with Crippen LogP contribution in [0.25, 0.3) is 0 Å². The van der Waals surface area contributed by atoms with Crippen LogP contribution in [0.4, 0.5) is 0 Å². The van der Waals surface area contributed by atoms with Crippen LogP contribution in [0.15, 0.2) is 0 Å². The Balaban J connectivity index is 2.49. The highest BCUT2D eigenvalue weighted by atomic mass is 16.3. The van der Waals surface area contributed by atoms with Crippen molar-refractivity contribution in [2.45, 2.75) is 59.3 Å². The lowest BCUT2D eigenvalue weighted by atomic mass is 9.85. The van der Waals surface area contributed by atoms with Gasteiger partial charge in [0.05, 0.1) is 6.61 Å². The van der Waals surface area contributed by atoms with E-state index in [0.717, 1.165) is 32.1 Å². The third kappa shape index (κ3) is 6.55. The maximum atomic E-state index is 9.29. The molecule has 0 heterocycles. The van der Waals surface area contributed by atoms with Gasteiger partial charge < -0.3 is 15.3 Å². The molecule has 0 radical (unpaired) electrons. The van der Waals surface area contributed by atoms with Crippen molar-refractivity contribution in [2.75, 3.05) is 39.3 Å². The van der Waals surface area contributed by atoms with E-state index in [1.54, 1.807) is 0 Å². The topological polar surface area (TPSA) is 35.5 Å². The van der Waals surface area contributed by atoms with Gasteiger partial charge in [-0.15, -0.1) is 0 Å². The molecule has 3 heteroatoms. The van der Waals surface area contributed by atoms with Gasteiger partial charge >= 0.3 is 0 Å². The maximum Gasteiger partial charge on any atom is 0.0558 e. The van der Waals surface area contributed by atoms with E-state index >= 15 is 0 Å². The van der Waals surface area contributed by atoms with E-state index in [1.165, 1.54) is 45.1 Å². The van der Waals surface area contributed by atoms with Gasteiger partial charge in [-0.05, 0) is 43.7 Å². The minimum absolute atomic E-state index is 0.291. The SMILES string of the molecule is CCCCN(CCO)CC1(CNCC(C)C)CCCC1. The second-order valence-corrected chi connectivity index (χ2v) is 7.09. The number of unbranched alkanes of at least 4 members (excludes halogenated alkanes) is 1. The Bertz CT molecular complexity index is 237. The smallest absolute Gasteiger partial charge is 0.0558 e. The molecule has 0 saturated heterocycles. The van der Waals surface area contributed by atoms with Crippen LogP contribution in [-0.2, 0) is 0 Å². The molecule has 3 nitrogen and oxygen atoms in total. The van der Waals surface area contributed by atoms with Crippen molar-refractivity contribution in [1.82, 2.24) is 10.2 Å². The van der Waals surface area contributed by atoms with Crippen molar-refractivity contribution in [3.8, 4) is 0 Å². The Morgan fingerprint density at radius 1 is 1.20 bits per heavy atom. The minimum atomic E-state index is 0.291. The number of rotatable bonds is 11. The summed E-state index contributed by atoms with van der Waals surface area (Å²) in [5.74, 6) is 0.724. The summed E-state index contributed by atoms with van der Waals surface area (Å²) in [7, 11) is 0. The largest absolute Gasteiger partial charge is 0.395 e. The zero-order chi connectivity index (χ0) is 14.8. The fourth-order valence-electron chi connectivity index (χ4n) is 3.41. The highest BCUT2D eigenvalue weighted by Gasteiger charge is 2.34. The molecule has 0 amide bonds.